The highest BCUT2D eigenvalue weighted by molar-refractivity contribution is 5.00. The van der Waals surface area contributed by atoms with Gasteiger partial charge in [-0.3, -0.25) is 0 Å². The number of nitrogens with two attached hydrogens (primary N) is 2. The van der Waals surface area contributed by atoms with Crippen LogP contribution in [0.15, 0.2) is 0 Å². The first kappa shape index (κ1) is 40.1. The molecule has 0 aromatic heterocycles. The summed E-state index contributed by atoms with van der Waals surface area (Å²) in [6.45, 7) is 11.7. The predicted octanol–water partition coefficient (Wildman–Crippen LogP) is 12.9. The quantitative estimate of drug-likeness (QED) is 0.0859. The molecular weight excluding hydrogens is 532 g/mol. The van der Waals surface area contributed by atoms with Crippen LogP contribution in [0.5, 0.6) is 0 Å². The normalized spacial score (nSPS) is 28.8. The molecule has 2 aliphatic rings. The maximum absolute atomic E-state index is 5.77. The fourth-order valence-corrected chi connectivity index (χ4v) is 10.4. The first-order valence-corrected chi connectivity index (χ1v) is 21.0. The number of rotatable bonds is 28. The van der Waals surface area contributed by atoms with Crippen LogP contribution in [0, 0.1) is 47.3 Å². The van der Waals surface area contributed by atoms with Gasteiger partial charge in [-0.2, -0.15) is 0 Å². The topological polar surface area (TPSA) is 52.0 Å². The van der Waals surface area contributed by atoms with Crippen LogP contribution in [-0.4, -0.2) is 13.1 Å². The van der Waals surface area contributed by atoms with Gasteiger partial charge in [0.2, 0.25) is 0 Å². The van der Waals surface area contributed by atoms with Gasteiger partial charge in [0, 0.05) is 0 Å². The fraction of sp³-hybridized carbons (Fsp3) is 1.00. The molecule has 4 N–H and O–H groups in total. The predicted molar refractivity (Wildman–Crippen MR) is 198 cm³/mol. The molecule has 8 atom stereocenters. The van der Waals surface area contributed by atoms with Crippen molar-refractivity contribution in [2.24, 2.45) is 58.8 Å². The Labute approximate surface area is 278 Å². The van der Waals surface area contributed by atoms with Crippen LogP contribution < -0.4 is 11.5 Å². The molecule has 0 spiro atoms. The highest BCUT2D eigenvalue weighted by atomic mass is 14.6. The molecule has 262 valence electrons. The minimum absolute atomic E-state index is 0.871. The van der Waals surface area contributed by atoms with Crippen molar-refractivity contribution in [3.8, 4) is 0 Å². The number of unbranched alkanes of at least 4 members (excludes halogenated alkanes) is 16. The molecule has 0 aliphatic heterocycles. The Balaban J connectivity index is 2.24. The Bertz CT molecular complexity index is 633. The SMILES string of the molecule is CCCCCC1CC(CCCCCCCCN)C(CCCCCCCCN)C2CC(C)C(CCCCC)C(CCCCC)C12. The summed E-state index contributed by atoms with van der Waals surface area (Å²) in [6, 6.07) is 0. The Morgan fingerprint density at radius 3 is 1.36 bits per heavy atom. The zero-order chi connectivity index (χ0) is 31.8. The second kappa shape index (κ2) is 25.9. The van der Waals surface area contributed by atoms with Gasteiger partial charge >= 0.3 is 0 Å². The third-order valence-corrected chi connectivity index (χ3v) is 12.7. The second-order valence-electron chi connectivity index (χ2n) is 16.1. The molecule has 0 radical (unpaired) electrons. The summed E-state index contributed by atoms with van der Waals surface area (Å²) in [4.78, 5) is 0. The molecule has 0 saturated heterocycles. The smallest absolute Gasteiger partial charge is 0.00773 e. The standard InChI is InChI=1S/C42H84N2/c1-5-8-19-27-37-34-36(26-22-15-11-13-17-24-31-43)39(29-23-16-12-14-18-25-32-44)41-33-35(4)38(28-20-9-6-2)40(42(37)41)30-21-10-7-3/h35-42H,5-34,43-44H2,1-4H3. The molecule has 2 rings (SSSR count). The molecule has 44 heavy (non-hydrogen) atoms. The number of fused-ring (bicyclic) bond motifs is 1. The largest absolute Gasteiger partial charge is 0.330 e. The zero-order valence-corrected chi connectivity index (χ0v) is 31.0. The lowest BCUT2D eigenvalue weighted by Crippen LogP contribution is -2.50. The van der Waals surface area contributed by atoms with Gasteiger partial charge in [0.25, 0.3) is 0 Å². The summed E-state index contributed by atoms with van der Waals surface area (Å²) in [6.07, 6.45) is 40.4. The van der Waals surface area contributed by atoms with Crippen LogP contribution in [0.25, 0.3) is 0 Å². The van der Waals surface area contributed by atoms with Gasteiger partial charge in [-0.15, -0.1) is 0 Å². The summed E-state index contributed by atoms with van der Waals surface area (Å²) >= 11 is 0. The van der Waals surface area contributed by atoms with Crippen molar-refractivity contribution >= 4 is 0 Å². The molecule has 0 amide bonds. The van der Waals surface area contributed by atoms with Crippen molar-refractivity contribution < 1.29 is 0 Å². The highest BCUT2D eigenvalue weighted by Crippen LogP contribution is 2.59. The van der Waals surface area contributed by atoms with Crippen molar-refractivity contribution in [3.63, 3.8) is 0 Å². The molecule has 8 unspecified atom stereocenters. The Kier molecular flexibility index (Phi) is 23.6. The van der Waals surface area contributed by atoms with E-state index in [1.807, 2.05) is 0 Å². The van der Waals surface area contributed by atoms with Crippen molar-refractivity contribution in [3.05, 3.63) is 0 Å². The van der Waals surface area contributed by atoms with Gasteiger partial charge in [0.15, 0.2) is 0 Å². The fourth-order valence-electron chi connectivity index (χ4n) is 10.4. The number of hydrogen-bond acceptors (Lipinski definition) is 2. The van der Waals surface area contributed by atoms with E-state index in [2.05, 4.69) is 27.7 Å². The molecule has 2 fully saturated rings. The monoisotopic (exact) mass is 617 g/mol. The average Bonchev–Trinajstić information content (AvgIpc) is 3.02. The van der Waals surface area contributed by atoms with Crippen LogP contribution in [-0.2, 0) is 0 Å². The van der Waals surface area contributed by atoms with Crippen molar-refractivity contribution in [1.82, 2.24) is 0 Å². The van der Waals surface area contributed by atoms with Crippen molar-refractivity contribution in [2.75, 3.05) is 13.1 Å². The van der Waals surface area contributed by atoms with E-state index in [1.54, 1.807) is 25.7 Å². The lowest BCUT2D eigenvalue weighted by atomic mass is 9.48. The zero-order valence-electron chi connectivity index (χ0n) is 31.0. The highest BCUT2D eigenvalue weighted by Gasteiger charge is 2.51. The third-order valence-electron chi connectivity index (χ3n) is 12.7. The summed E-state index contributed by atoms with van der Waals surface area (Å²) in [7, 11) is 0. The average molecular weight is 617 g/mol. The third kappa shape index (κ3) is 14.8. The molecule has 2 nitrogen and oxygen atoms in total. The first-order chi connectivity index (χ1) is 21.6. The van der Waals surface area contributed by atoms with Crippen LogP contribution in [0.2, 0.25) is 0 Å². The Morgan fingerprint density at radius 2 is 0.818 bits per heavy atom. The second-order valence-corrected chi connectivity index (χ2v) is 16.1. The Hall–Kier alpha value is -0.0800. The van der Waals surface area contributed by atoms with Crippen LogP contribution in [0.1, 0.15) is 207 Å². The maximum atomic E-state index is 5.77. The minimum atomic E-state index is 0.871. The van der Waals surface area contributed by atoms with Gasteiger partial charge in [0.1, 0.15) is 0 Å². The molecule has 2 aliphatic carbocycles. The van der Waals surface area contributed by atoms with Gasteiger partial charge in [-0.1, -0.05) is 163 Å². The lowest BCUT2D eigenvalue weighted by Gasteiger charge is -2.57. The van der Waals surface area contributed by atoms with E-state index in [1.165, 1.54) is 154 Å². The van der Waals surface area contributed by atoms with Gasteiger partial charge in [-0.05, 0) is 105 Å². The van der Waals surface area contributed by atoms with Crippen LogP contribution >= 0.6 is 0 Å². The maximum Gasteiger partial charge on any atom is -0.00773 e. The molecule has 0 aromatic carbocycles. The van der Waals surface area contributed by atoms with Crippen LogP contribution in [0.3, 0.4) is 0 Å². The van der Waals surface area contributed by atoms with Gasteiger partial charge in [0.05, 0.1) is 0 Å². The van der Waals surface area contributed by atoms with E-state index in [9.17, 15) is 0 Å². The summed E-state index contributed by atoms with van der Waals surface area (Å²) in [5, 5.41) is 0. The van der Waals surface area contributed by atoms with E-state index in [0.29, 0.717) is 0 Å². The molecular formula is C42H84N2. The molecule has 2 heteroatoms. The van der Waals surface area contributed by atoms with Gasteiger partial charge in [-0.25, -0.2) is 0 Å². The van der Waals surface area contributed by atoms with Crippen LogP contribution in [0.4, 0.5) is 0 Å². The van der Waals surface area contributed by atoms with Gasteiger partial charge < -0.3 is 11.5 Å². The van der Waals surface area contributed by atoms with E-state index < -0.39 is 0 Å². The van der Waals surface area contributed by atoms with Crippen molar-refractivity contribution in [2.45, 2.75) is 207 Å². The van der Waals surface area contributed by atoms with E-state index >= 15 is 0 Å². The Morgan fingerprint density at radius 1 is 0.409 bits per heavy atom. The molecule has 2 saturated carbocycles. The molecule has 0 aromatic rings. The summed E-state index contributed by atoms with van der Waals surface area (Å²) in [5.41, 5.74) is 11.5. The molecule has 0 bridgehead atoms. The molecule has 0 heterocycles. The number of hydrogen-bond donors (Lipinski definition) is 2. The van der Waals surface area contributed by atoms with E-state index in [4.69, 9.17) is 11.5 Å². The lowest BCUT2D eigenvalue weighted by molar-refractivity contribution is -0.0859. The van der Waals surface area contributed by atoms with Crippen molar-refractivity contribution in [1.29, 1.82) is 0 Å². The summed E-state index contributed by atoms with van der Waals surface area (Å²) in [5.74, 6) is 8.04. The van der Waals surface area contributed by atoms with E-state index in [-0.39, 0.29) is 0 Å². The van der Waals surface area contributed by atoms with E-state index in [0.717, 1.165) is 60.4 Å². The minimum Gasteiger partial charge on any atom is -0.330 e. The summed E-state index contributed by atoms with van der Waals surface area (Å²) < 4.78 is 0. The first-order valence-electron chi connectivity index (χ1n) is 21.0.